The summed E-state index contributed by atoms with van der Waals surface area (Å²) in [6.07, 6.45) is 1.82. The summed E-state index contributed by atoms with van der Waals surface area (Å²) in [4.78, 5) is 12.7. The van der Waals surface area contributed by atoms with Gasteiger partial charge in [0.2, 0.25) is 0 Å². The van der Waals surface area contributed by atoms with Gasteiger partial charge in [-0.25, -0.2) is 0 Å². The summed E-state index contributed by atoms with van der Waals surface area (Å²) in [6, 6.07) is 18.4. The van der Waals surface area contributed by atoms with Crippen LogP contribution in [-0.2, 0) is 11.8 Å². The molecule has 3 rings (SSSR count). The zero-order chi connectivity index (χ0) is 20.1. The van der Waals surface area contributed by atoms with Crippen molar-refractivity contribution in [2.75, 3.05) is 6.54 Å². The molecule has 0 atom stereocenters. The number of amides is 1. The summed E-state index contributed by atoms with van der Waals surface area (Å²) in [5, 5.41) is 7.03. The molecule has 2 aromatic carbocycles. The molecule has 28 heavy (non-hydrogen) atoms. The number of rotatable bonds is 6. The SMILES string of the molecule is Cc1noc(-c2ccc(C(C)(C)C)cc2)c1C(=O)NCCCc1ccccc1. The lowest BCUT2D eigenvalue weighted by molar-refractivity contribution is 0.0953. The first-order valence-electron chi connectivity index (χ1n) is 9.75. The van der Waals surface area contributed by atoms with Crippen LogP contribution >= 0.6 is 0 Å². The highest BCUT2D eigenvalue weighted by molar-refractivity contribution is 6.00. The second kappa shape index (κ2) is 8.42. The van der Waals surface area contributed by atoms with Crippen molar-refractivity contribution in [1.29, 1.82) is 0 Å². The van der Waals surface area contributed by atoms with E-state index in [1.54, 1.807) is 6.92 Å². The molecule has 1 heterocycles. The van der Waals surface area contributed by atoms with E-state index >= 15 is 0 Å². The number of hydrogen-bond donors (Lipinski definition) is 1. The predicted molar refractivity (Wildman–Crippen MR) is 112 cm³/mol. The fourth-order valence-corrected chi connectivity index (χ4v) is 3.18. The molecule has 0 saturated heterocycles. The molecule has 0 unspecified atom stereocenters. The molecule has 0 aliphatic rings. The van der Waals surface area contributed by atoms with Crippen LogP contribution in [-0.4, -0.2) is 17.6 Å². The van der Waals surface area contributed by atoms with Crippen molar-refractivity contribution in [3.8, 4) is 11.3 Å². The molecule has 0 spiro atoms. The number of nitrogens with one attached hydrogen (secondary N) is 1. The smallest absolute Gasteiger partial charge is 0.257 e. The fraction of sp³-hybridized carbons (Fsp3) is 0.333. The maximum Gasteiger partial charge on any atom is 0.257 e. The van der Waals surface area contributed by atoms with Crippen LogP contribution in [0.15, 0.2) is 59.1 Å². The summed E-state index contributed by atoms with van der Waals surface area (Å²) >= 11 is 0. The fourth-order valence-electron chi connectivity index (χ4n) is 3.18. The zero-order valence-electron chi connectivity index (χ0n) is 17.1. The highest BCUT2D eigenvalue weighted by atomic mass is 16.5. The molecule has 1 amide bonds. The second-order valence-corrected chi connectivity index (χ2v) is 8.14. The molecule has 0 aliphatic heterocycles. The number of carbonyl (C=O) groups excluding carboxylic acids is 1. The van der Waals surface area contributed by atoms with Gasteiger partial charge in [-0.3, -0.25) is 4.79 Å². The highest BCUT2D eigenvalue weighted by Gasteiger charge is 2.22. The lowest BCUT2D eigenvalue weighted by Gasteiger charge is -2.18. The first-order valence-corrected chi connectivity index (χ1v) is 9.75. The quantitative estimate of drug-likeness (QED) is 0.593. The van der Waals surface area contributed by atoms with Crippen molar-refractivity contribution in [3.05, 3.63) is 77.0 Å². The minimum absolute atomic E-state index is 0.0782. The molecular weight excluding hydrogens is 348 g/mol. The molecule has 0 fully saturated rings. The number of hydrogen-bond acceptors (Lipinski definition) is 3. The lowest BCUT2D eigenvalue weighted by Crippen LogP contribution is -2.25. The van der Waals surface area contributed by atoms with Gasteiger partial charge in [-0.2, -0.15) is 0 Å². The maximum atomic E-state index is 12.7. The summed E-state index contributed by atoms with van der Waals surface area (Å²) in [5.41, 5.74) is 4.58. The Balaban J connectivity index is 1.67. The Morgan fingerprint density at radius 2 is 1.71 bits per heavy atom. The molecule has 1 aromatic heterocycles. The normalized spacial score (nSPS) is 11.4. The molecule has 0 saturated carbocycles. The molecule has 0 aliphatic carbocycles. The van der Waals surface area contributed by atoms with Crippen LogP contribution in [0.2, 0.25) is 0 Å². The van der Waals surface area contributed by atoms with E-state index in [0.29, 0.717) is 23.6 Å². The molecule has 0 radical (unpaired) electrons. The number of carbonyl (C=O) groups is 1. The zero-order valence-corrected chi connectivity index (χ0v) is 17.1. The summed E-state index contributed by atoms with van der Waals surface area (Å²) in [7, 11) is 0. The standard InChI is InChI=1S/C24H28N2O2/c1-17-21(23(27)25-16-8-11-18-9-6-5-7-10-18)22(28-26-17)19-12-14-20(15-13-19)24(2,3)4/h5-7,9-10,12-15H,8,11,16H2,1-4H3,(H,25,27). The topological polar surface area (TPSA) is 55.1 Å². The van der Waals surface area contributed by atoms with Crippen molar-refractivity contribution in [3.63, 3.8) is 0 Å². The molecule has 146 valence electrons. The van der Waals surface area contributed by atoms with Crippen LogP contribution in [0.5, 0.6) is 0 Å². The first kappa shape index (κ1) is 19.9. The minimum Gasteiger partial charge on any atom is -0.355 e. The summed E-state index contributed by atoms with van der Waals surface area (Å²) in [6.45, 7) is 8.94. The van der Waals surface area contributed by atoms with Gasteiger partial charge in [0.05, 0.1) is 5.69 Å². The summed E-state index contributed by atoms with van der Waals surface area (Å²) < 4.78 is 5.49. The van der Waals surface area contributed by atoms with Crippen LogP contribution < -0.4 is 5.32 Å². The average molecular weight is 377 g/mol. The molecule has 1 N–H and O–H groups in total. The van der Waals surface area contributed by atoms with E-state index in [4.69, 9.17) is 4.52 Å². The Labute approximate surface area is 167 Å². The predicted octanol–water partition coefficient (Wildman–Crippen LogP) is 5.31. The van der Waals surface area contributed by atoms with Gasteiger partial charge in [-0.15, -0.1) is 0 Å². The van der Waals surface area contributed by atoms with Gasteiger partial charge in [-0.1, -0.05) is 80.5 Å². The Morgan fingerprint density at radius 1 is 1.04 bits per heavy atom. The van der Waals surface area contributed by atoms with E-state index in [0.717, 1.165) is 18.4 Å². The van der Waals surface area contributed by atoms with Crippen molar-refractivity contribution in [2.45, 2.75) is 46.0 Å². The van der Waals surface area contributed by atoms with Crippen LogP contribution in [0.4, 0.5) is 0 Å². The number of aryl methyl sites for hydroxylation is 2. The summed E-state index contributed by atoms with van der Waals surface area (Å²) in [5.74, 6) is 0.389. The monoisotopic (exact) mass is 376 g/mol. The molecular formula is C24H28N2O2. The lowest BCUT2D eigenvalue weighted by atomic mass is 9.86. The van der Waals surface area contributed by atoms with Crippen LogP contribution in [0.25, 0.3) is 11.3 Å². The van der Waals surface area contributed by atoms with E-state index in [1.807, 2.05) is 30.3 Å². The van der Waals surface area contributed by atoms with Gasteiger partial charge in [0, 0.05) is 12.1 Å². The maximum absolute atomic E-state index is 12.7. The van der Waals surface area contributed by atoms with Gasteiger partial charge < -0.3 is 9.84 Å². The first-order chi connectivity index (χ1) is 13.4. The molecule has 0 bridgehead atoms. The second-order valence-electron chi connectivity index (χ2n) is 8.14. The van der Waals surface area contributed by atoms with Crippen molar-refractivity contribution >= 4 is 5.91 Å². The third-order valence-corrected chi connectivity index (χ3v) is 4.87. The van der Waals surface area contributed by atoms with Crippen LogP contribution in [0, 0.1) is 6.92 Å². The Morgan fingerprint density at radius 3 is 2.36 bits per heavy atom. The van der Waals surface area contributed by atoms with Crippen LogP contribution in [0.3, 0.4) is 0 Å². The third-order valence-electron chi connectivity index (χ3n) is 4.87. The van der Waals surface area contributed by atoms with Gasteiger partial charge >= 0.3 is 0 Å². The third kappa shape index (κ3) is 4.69. The van der Waals surface area contributed by atoms with Crippen molar-refractivity contribution < 1.29 is 9.32 Å². The van der Waals surface area contributed by atoms with E-state index in [-0.39, 0.29) is 11.3 Å². The Kier molecular flexibility index (Phi) is 5.98. The number of benzene rings is 2. The molecule has 3 aromatic rings. The molecule has 4 heteroatoms. The minimum atomic E-state index is -0.137. The van der Waals surface area contributed by atoms with E-state index in [9.17, 15) is 4.79 Å². The van der Waals surface area contributed by atoms with Crippen molar-refractivity contribution in [1.82, 2.24) is 10.5 Å². The van der Waals surface area contributed by atoms with Gasteiger partial charge in [0.15, 0.2) is 5.76 Å². The van der Waals surface area contributed by atoms with Gasteiger partial charge in [0.1, 0.15) is 5.56 Å². The largest absolute Gasteiger partial charge is 0.355 e. The number of nitrogens with zero attached hydrogens (tertiary/aromatic N) is 1. The Bertz CT molecular complexity index is 919. The number of aromatic nitrogens is 1. The van der Waals surface area contributed by atoms with Gasteiger partial charge in [0.25, 0.3) is 5.91 Å². The van der Waals surface area contributed by atoms with Gasteiger partial charge in [-0.05, 0) is 36.3 Å². The van der Waals surface area contributed by atoms with E-state index in [1.165, 1.54) is 11.1 Å². The van der Waals surface area contributed by atoms with E-state index < -0.39 is 0 Å². The molecule has 4 nitrogen and oxygen atoms in total. The van der Waals surface area contributed by atoms with Crippen molar-refractivity contribution in [2.24, 2.45) is 0 Å². The highest BCUT2D eigenvalue weighted by Crippen LogP contribution is 2.29. The van der Waals surface area contributed by atoms with Crippen LogP contribution in [0.1, 0.15) is 54.4 Å². The Hall–Kier alpha value is -2.88. The van der Waals surface area contributed by atoms with E-state index in [2.05, 4.69) is 55.5 Å². The average Bonchev–Trinajstić information content (AvgIpc) is 3.07.